The van der Waals surface area contributed by atoms with Crippen molar-refractivity contribution in [3.63, 3.8) is 0 Å². The van der Waals surface area contributed by atoms with Crippen LogP contribution in [0.3, 0.4) is 0 Å². The highest BCUT2D eigenvalue weighted by molar-refractivity contribution is 14.0. The van der Waals surface area contributed by atoms with E-state index >= 15 is 0 Å². The maximum Gasteiger partial charge on any atom is 0.191 e. The number of hydrogen-bond donors (Lipinski definition) is 2. The smallest absolute Gasteiger partial charge is 0.191 e. The summed E-state index contributed by atoms with van der Waals surface area (Å²) in [4.78, 5) is 14.3. The molecule has 0 bridgehead atoms. The van der Waals surface area contributed by atoms with E-state index in [2.05, 4.69) is 71.3 Å². The Bertz CT molecular complexity index is 886. The zero-order valence-electron chi connectivity index (χ0n) is 20.4. The van der Waals surface area contributed by atoms with Crippen LogP contribution in [0.2, 0.25) is 0 Å². The number of anilines is 1. The molecular formula is C23H39IN8. The lowest BCUT2D eigenvalue weighted by molar-refractivity contribution is 0.312. The molecule has 2 aromatic heterocycles. The van der Waals surface area contributed by atoms with Crippen LogP contribution in [0.15, 0.2) is 23.3 Å². The molecule has 2 aromatic rings. The van der Waals surface area contributed by atoms with Crippen LogP contribution < -0.4 is 15.5 Å². The Labute approximate surface area is 209 Å². The van der Waals surface area contributed by atoms with Gasteiger partial charge in [0.2, 0.25) is 0 Å². The average molecular weight is 555 g/mol. The lowest BCUT2D eigenvalue weighted by Crippen LogP contribution is -2.45. The molecule has 1 aliphatic heterocycles. The van der Waals surface area contributed by atoms with Gasteiger partial charge in [-0.05, 0) is 52.8 Å². The van der Waals surface area contributed by atoms with E-state index in [0.717, 1.165) is 62.2 Å². The van der Waals surface area contributed by atoms with Crippen molar-refractivity contribution in [3.05, 3.63) is 40.8 Å². The Hall–Kier alpha value is -1.88. The molecule has 2 N–H and O–H groups in total. The highest BCUT2D eigenvalue weighted by atomic mass is 127. The molecule has 1 atom stereocenters. The highest BCUT2D eigenvalue weighted by Gasteiger charge is 2.18. The van der Waals surface area contributed by atoms with Gasteiger partial charge in [0.1, 0.15) is 5.82 Å². The minimum atomic E-state index is 0. The summed E-state index contributed by atoms with van der Waals surface area (Å²) in [6.07, 6.45) is 2.79. The lowest BCUT2D eigenvalue weighted by atomic mass is 10.1. The molecule has 1 aliphatic rings. The zero-order valence-corrected chi connectivity index (χ0v) is 22.7. The number of guanidine groups is 1. The molecule has 9 heteroatoms. The number of halogens is 1. The van der Waals surface area contributed by atoms with E-state index in [1.807, 2.05) is 24.0 Å². The number of rotatable bonds is 7. The average Bonchev–Trinajstić information content (AvgIpc) is 2.99. The van der Waals surface area contributed by atoms with Crippen LogP contribution in [0, 0.1) is 13.8 Å². The number of pyridine rings is 1. The normalized spacial score (nSPS) is 15.9. The molecule has 0 aliphatic carbocycles. The third-order valence-electron chi connectivity index (χ3n) is 5.97. The van der Waals surface area contributed by atoms with Gasteiger partial charge in [0, 0.05) is 63.3 Å². The summed E-state index contributed by atoms with van der Waals surface area (Å²) < 4.78 is 1.96. The zero-order chi connectivity index (χ0) is 22.4. The summed E-state index contributed by atoms with van der Waals surface area (Å²) in [5.41, 5.74) is 4.79. The van der Waals surface area contributed by atoms with Crippen LogP contribution in [-0.4, -0.2) is 71.4 Å². The van der Waals surface area contributed by atoms with Gasteiger partial charge in [-0.2, -0.15) is 5.10 Å². The van der Waals surface area contributed by atoms with Crippen LogP contribution in [-0.2, 0) is 20.0 Å². The number of aliphatic imine (C=N–C) groups is 1. The molecule has 0 saturated carbocycles. The molecule has 32 heavy (non-hydrogen) atoms. The van der Waals surface area contributed by atoms with Gasteiger partial charge in [-0.1, -0.05) is 6.07 Å². The lowest BCUT2D eigenvalue weighted by Gasteiger charge is -2.34. The number of aryl methyl sites for hydroxylation is 2. The number of nitrogens with one attached hydrogen (secondary N) is 2. The van der Waals surface area contributed by atoms with E-state index in [4.69, 9.17) is 4.99 Å². The third kappa shape index (κ3) is 6.81. The molecule has 3 rings (SSSR count). The standard InChI is InChI=1S/C23H38N8.HI/c1-7-24-23(27-17(2)15-21-18(3)28-30(6)19(21)4)26-16-20-9-8-10-25-22(20)31-13-11-29(5)12-14-31;/h8-10,17H,7,11-16H2,1-6H3,(H2,24,26,27);1H. The molecule has 3 heterocycles. The van der Waals surface area contributed by atoms with E-state index in [0.29, 0.717) is 6.54 Å². The van der Waals surface area contributed by atoms with Crippen LogP contribution in [0.1, 0.15) is 36.4 Å². The second kappa shape index (κ2) is 12.4. The molecule has 1 unspecified atom stereocenters. The fourth-order valence-electron chi connectivity index (χ4n) is 4.04. The second-order valence-corrected chi connectivity index (χ2v) is 8.49. The van der Waals surface area contributed by atoms with E-state index in [1.54, 1.807) is 0 Å². The Morgan fingerprint density at radius 3 is 2.53 bits per heavy atom. The van der Waals surface area contributed by atoms with E-state index in [1.165, 1.54) is 11.3 Å². The van der Waals surface area contributed by atoms with Crippen LogP contribution in [0.4, 0.5) is 5.82 Å². The molecule has 1 saturated heterocycles. The molecule has 178 valence electrons. The number of nitrogens with zero attached hydrogens (tertiary/aromatic N) is 6. The summed E-state index contributed by atoms with van der Waals surface area (Å²) >= 11 is 0. The van der Waals surface area contributed by atoms with Crippen LogP contribution in [0.25, 0.3) is 0 Å². The third-order valence-corrected chi connectivity index (χ3v) is 5.97. The predicted molar refractivity (Wildman–Crippen MR) is 143 cm³/mol. The molecule has 0 aromatic carbocycles. The fraction of sp³-hybridized carbons (Fsp3) is 0.609. The van der Waals surface area contributed by atoms with Crippen molar-refractivity contribution in [2.45, 2.75) is 46.7 Å². The molecular weight excluding hydrogens is 515 g/mol. The minimum absolute atomic E-state index is 0. The number of likely N-dealkylation sites (N-methyl/N-ethyl adjacent to an activating group) is 1. The molecule has 8 nitrogen and oxygen atoms in total. The van der Waals surface area contributed by atoms with Gasteiger partial charge < -0.3 is 20.4 Å². The van der Waals surface area contributed by atoms with Gasteiger partial charge in [-0.3, -0.25) is 4.68 Å². The molecule has 1 fully saturated rings. The van der Waals surface area contributed by atoms with E-state index in [9.17, 15) is 0 Å². The van der Waals surface area contributed by atoms with Gasteiger partial charge in [-0.25, -0.2) is 9.98 Å². The number of aromatic nitrogens is 3. The largest absolute Gasteiger partial charge is 0.357 e. The summed E-state index contributed by atoms with van der Waals surface area (Å²) in [6, 6.07) is 4.38. The number of piperazine rings is 1. The first kappa shape index (κ1) is 26.4. The first-order chi connectivity index (χ1) is 14.9. The van der Waals surface area contributed by atoms with Gasteiger partial charge in [0.25, 0.3) is 0 Å². The fourth-order valence-corrected chi connectivity index (χ4v) is 4.04. The first-order valence-electron chi connectivity index (χ1n) is 11.3. The van der Waals surface area contributed by atoms with Crippen molar-refractivity contribution in [3.8, 4) is 0 Å². The summed E-state index contributed by atoms with van der Waals surface area (Å²) in [5.74, 6) is 1.90. The van der Waals surface area contributed by atoms with Crippen molar-refractivity contribution >= 4 is 35.8 Å². The van der Waals surface area contributed by atoms with Crippen LogP contribution >= 0.6 is 24.0 Å². The number of hydrogen-bond acceptors (Lipinski definition) is 5. The summed E-state index contributed by atoms with van der Waals surface area (Å²) in [5, 5.41) is 11.5. The second-order valence-electron chi connectivity index (χ2n) is 8.49. The summed E-state index contributed by atoms with van der Waals surface area (Å²) in [6.45, 7) is 14.1. The summed E-state index contributed by atoms with van der Waals surface area (Å²) in [7, 11) is 4.17. The quantitative estimate of drug-likeness (QED) is 0.312. The highest BCUT2D eigenvalue weighted by Crippen LogP contribution is 2.19. The van der Waals surface area contributed by atoms with Crippen molar-refractivity contribution < 1.29 is 0 Å². The van der Waals surface area contributed by atoms with Crippen LogP contribution in [0.5, 0.6) is 0 Å². The maximum absolute atomic E-state index is 4.88. The molecule has 0 amide bonds. The van der Waals surface area contributed by atoms with Gasteiger partial charge in [-0.15, -0.1) is 24.0 Å². The van der Waals surface area contributed by atoms with Gasteiger partial charge in [0.05, 0.1) is 12.2 Å². The molecule has 0 spiro atoms. The SMILES string of the molecule is CCNC(=NCc1cccnc1N1CCN(C)CC1)NC(C)Cc1c(C)nn(C)c1C.I. The minimum Gasteiger partial charge on any atom is -0.357 e. The monoisotopic (exact) mass is 554 g/mol. The maximum atomic E-state index is 4.88. The van der Waals surface area contributed by atoms with Gasteiger partial charge >= 0.3 is 0 Å². The Morgan fingerprint density at radius 1 is 1.19 bits per heavy atom. The Balaban J connectivity index is 0.00000363. The van der Waals surface area contributed by atoms with E-state index in [-0.39, 0.29) is 30.0 Å². The first-order valence-corrected chi connectivity index (χ1v) is 11.3. The van der Waals surface area contributed by atoms with Crippen molar-refractivity contribution in [2.75, 3.05) is 44.7 Å². The van der Waals surface area contributed by atoms with Crippen molar-refractivity contribution in [1.29, 1.82) is 0 Å². The van der Waals surface area contributed by atoms with Crippen molar-refractivity contribution in [1.82, 2.24) is 30.3 Å². The topological polar surface area (TPSA) is 73.6 Å². The van der Waals surface area contributed by atoms with Gasteiger partial charge in [0.15, 0.2) is 5.96 Å². The van der Waals surface area contributed by atoms with E-state index < -0.39 is 0 Å². The predicted octanol–water partition coefficient (Wildman–Crippen LogP) is 2.49. The molecule has 0 radical (unpaired) electrons. The van der Waals surface area contributed by atoms with Crippen molar-refractivity contribution in [2.24, 2.45) is 12.0 Å². The Kier molecular flexibility index (Phi) is 10.2. The Morgan fingerprint density at radius 2 is 1.91 bits per heavy atom.